The monoisotopic (exact) mass is 398 g/mol. The van der Waals surface area contributed by atoms with Crippen LogP contribution in [0.2, 0.25) is 5.02 Å². The van der Waals surface area contributed by atoms with E-state index in [9.17, 15) is 4.79 Å². The van der Waals surface area contributed by atoms with Gasteiger partial charge in [-0.25, -0.2) is 4.99 Å². The number of nitrogens with two attached hydrogens (primary N) is 1. The van der Waals surface area contributed by atoms with E-state index in [-0.39, 0.29) is 24.3 Å². The predicted molar refractivity (Wildman–Crippen MR) is 111 cm³/mol. The molecule has 146 valence electrons. The molecule has 1 fully saturated rings. The molecule has 7 heteroatoms. The van der Waals surface area contributed by atoms with E-state index in [0.717, 1.165) is 23.4 Å². The molecule has 2 atom stereocenters. The molecular weight excluding hydrogens is 376 g/mol. The number of amides is 1. The Morgan fingerprint density at radius 2 is 2.04 bits per heavy atom. The standard InChI is InChI=1S/C21H23ClN4O2/c1-21(12-18(27)26(20(23)25-21)15-10-11-28-13-15)16-8-5-9-17(19(16)22)24-14-6-3-2-4-7-14/h2-9,15,24H,10-13H2,1H3,(H2,23,25)/t15-,21-/m0/s1. The second-order valence-electron chi connectivity index (χ2n) is 7.36. The van der Waals surface area contributed by atoms with Crippen LogP contribution in [-0.2, 0) is 15.1 Å². The highest BCUT2D eigenvalue weighted by atomic mass is 35.5. The Hall–Kier alpha value is -2.57. The van der Waals surface area contributed by atoms with Crippen LogP contribution in [0.4, 0.5) is 11.4 Å². The summed E-state index contributed by atoms with van der Waals surface area (Å²) in [4.78, 5) is 19.2. The van der Waals surface area contributed by atoms with Gasteiger partial charge in [-0.15, -0.1) is 0 Å². The molecule has 3 N–H and O–H groups in total. The van der Waals surface area contributed by atoms with E-state index in [1.54, 1.807) is 4.90 Å². The summed E-state index contributed by atoms with van der Waals surface area (Å²) in [6.07, 6.45) is 0.981. The molecule has 4 rings (SSSR count). The minimum absolute atomic E-state index is 0.0395. The van der Waals surface area contributed by atoms with Gasteiger partial charge in [0.2, 0.25) is 5.91 Å². The molecule has 2 aliphatic heterocycles. The number of carbonyl (C=O) groups is 1. The highest BCUT2D eigenvalue weighted by Crippen LogP contribution is 2.41. The topological polar surface area (TPSA) is 80.0 Å². The predicted octanol–water partition coefficient (Wildman–Crippen LogP) is 3.63. The first-order valence-electron chi connectivity index (χ1n) is 9.34. The van der Waals surface area contributed by atoms with E-state index in [2.05, 4.69) is 5.32 Å². The molecule has 0 spiro atoms. The van der Waals surface area contributed by atoms with Crippen molar-refractivity contribution in [3.05, 3.63) is 59.1 Å². The lowest BCUT2D eigenvalue weighted by atomic mass is 9.86. The quantitative estimate of drug-likeness (QED) is 0.824. The number of aliphatic imine (C=N–C) groups is 1. The summed E-state index contributed by atoms with van der Waals surface area (Å²) >= 11 is 6.72. The SMILES string of the molecule is C[C@@]1(c2cccc(Nc3ccccc3)c2Cl)CC(=O)N([C@H]2CCOC2)C(N)=N1. The van der Waals surface area contributed by atoms with E-state index in [1.807, 2.05) is 55.5 Å². The second kappa shape index (κ2) is 7.45. The minimum Gasteiger partial charge on any atom is -0.379 e. The molecular formula is C21H23ClN4O2. The number of guanidine groups is 1. The summed E-state index contributed by atoms with van der Waals surface area (Å²) in [7, 11) is 0. The number of benzene rings is 2. The number of hydrogen-bond acceptors (Lipinski definition) is 5. The average Bonchev–Trinajstić information content (AvgIpc) is 3.17. The first kappa shape index (κ1) is 18.8. The van der Waals surface area contributed by atoms with Gasteiger partial charge in [0.05, 0.1) is 35.3 Å². The minimum atomic E-state index is -0.817. The van der Waals surface area contributed by atoms with E-state index in [1.165, 1.54) is 0 Å². The molecule has 0 radical (unpaired) electrons. The molecule has 2 aromatic carbocycles. The Kier molecular flexibility index (Phi) is 5.00. The number of nitrogens with one attached hydrogen (secondary N) is 1. The molecule has 0 bridgehead atoms. The maximum absolute atomic E-state index is 12.9. The zero-order valence-corrected chi connectivity index (χ0v) is 16.4. The van der Waals surface area contributed by atoms with Crippen molar-refractivity contribution in [3.8, 4) is 0 Å². The fourth-order valence-electron chi connectivity index (χ4n) is 3.85. The van der Waals surface area contributed by atoms with Gasteiger partial charge in [-0.05, 0) is 31.5 Å². The van der Waals surface area contributed by atoms with Gasteiger partial charge in [0, 0.05) is 17.9 Å². The molecule has 2 aromatic rings. The van der Waals surface area contributed by atoms with Crippen molar-refractivity contribution in [1.29, 1.82) is 0 Å². The van der Waals surface area contributed by atoms with Gasteiger partial charge in [0.25, 0.3) is 0 Å². The molecule has 1 saturated heterocycles. The van der Waals surface area contributed by atoms with Gasteiger partial charge in [-0.2, -0.15) is 0 Å². The fraction of sp³-hybridized carbons (Fsp3) is 0.333. The average molecular weight is 399 g/mol. The smallest absolute Gasteiger partial charge is 0.232 e. The van der Waals surface area contributed by atoms with Crippen molar-refractivity contribution >= 4 is 34.8 Å². The fourth-order valence-corrected chi connectivity index (χ4v) is 4.22. The molecule has 2 heterocycles. The number of carbonyl (C=O) groups excluding carboxylic acids is 1. The zero-order valence-electron chi connectivity index (χ0n) is 15.7. The van der Waals surface area contributed by atoms with Crippen LogP contribution >= 0.6 is 11.6 Å². The molecule has 0 aromatic heterocycles. The summed E-state index contributed by atoms with van der Waals surface area (Å²) in [5.41, 5.74) is 7.87. The number of anilines is 2. The Labute approximate surface area is 169 Å². The summed E-state index contributed by atoms with van der Waals surface area (Å²) in [6, 6.07) is 15.5. The lowest BCUT2D eigenvalue weighted by Crippen LogP contribution is -2.54. The number of hydrogen-bond donors (Lipinski definition) is 2. The van der Waals surface area contributed by atoms with E-state index in [0.29, 0.717) is 18.2 Å². The van der Waals surface area contributed by atoms with Crippen molar-refractivity contribution in [2.75, 3.05) is 18.5 Å². The Morgan fingerprint density at radius 1 is 1.25 bits per heavy atom. The molecule has 0 saturated carbocycles. The Morgan fingerprint density at radius 3 is 2.71 bits per heavy atom. The third-order valence-electron chi connectivity index (χ3n) is 5.27. The molecule has 28 heavy (non-hydrogen) atoms. The molecule has 0 aliphatic carbocycles. The van der Waals surface area contributed by atoms with Crippen LogP contribution in [0.25, 0.3) is 0 Å². The molecule has 1 amide bonds. The van der Waals surface area contributed by atoms with Gasteiger partial charge in [0.1, 0.15) is 0 Å². The van der Waals surface area contributed by atoms with Crippen LogP contribution < -0.4 is 11.1 Å². The number of ether oxygens (including phenoxy) is 1. The van der Waals surface area contributed by atoms with Gasteiger partial charge < -0.3 is 15.8 Å². The molecule has 0 unspecified atom stereocenters. The maximum atomic E-state index is 12.9. The van der Waals surface area contributed by atoms with Gasteiger partial charge in [-0.3, -0.25) is 9.69 Å². The molecule has 2 aliphatic rings. The highest BCUT2D eigenvalue weighted by Gasteiger charge is 2.42. The third kappa shape index (κ3) is 3.45. The maximum Gasteiger partial charge on any atom is 0.232 e. The van der Waals surface area contributed by atoms with Crippen molar-refractivity contribution in [2.24, 2.45) is 10.7 Å². The summed E-state index contributed by atoms with van der Waals surface area (Å²) in [5.74, 6) is 0.176. The van der Waals surface area contributed by atoms with Gasteiger partial charge in [-0.1, -0.05) is 41.9 Å². The Bertz CT molecular complexity index is 912. The van der Waals surface area contributed by atoms with E-state index in [4.69, 9.17) is 27.1 Å². The van der Waals surface area contributed by atoms with Crippen molar-refractivity contribution in [1.82, 2.24) is 4.90 Å². The van der Waals surface area contributed by atoms with E-state index < -0.39 is 5.54 Å². The normalized spacial score (nSPS) is 24.9. The van der Waals surface area contributed by atoms with Crippen LogP contribution in [0, 0.1) is 0 Å². The van der Waals surface area contributed by atoms with Crippen molar-refractivity contribution in [2.45, 2.75) is 31.3 Å². The van der Waals surface area contributed by atoms with Crippen LogP contribution in [0.3, 0.4) is 0 Å². The van der Waals surface area contributed by atoms with Crippen molar-refractivity contribution < 1.29 is 9.53 Å². The Balaban J connectivity index is 1.66. The lowest BCUT2D eigenvalue weighted by molar-refractivity contribution is -0.131. The van der Waals surface area contributed by atoms with Crippen LogP contribution in [-0.4, -0.2) is 36.0 Å². The highest BCUT2D eigenvalue weighted by molar-refractivity contribution is 6.34. The summed E-state index contributed by atoms with van der Waals surface area (Å²) < 4.78 is 5.40. The summed E-state index contributed by atoms with van der Waals surface area (Å²) in [6.45, 7) is 3.03. The number of para-hydroxylation sites is 1. The van der Waals surface area contributed by atoms with Crippen LogP contribution in [0.1, 0.15) is 25.3 Å². The lowest BCUT2D eigenvalue weighted by Gasteiger charge is -2.38. The van der Waals surface area contributed by atoms with Gasteiger partial charge in [0.15, 0.2) is 5.96 Å². The number of nitrogens with zero attached hydrogens (tertiary/aromatic N) is 2. The van der Waals surface area contributed by atoms with E-state index >= 15 is 0 Å². The number of rotatable bonds is 4. The first-order chi connectivity index (χ1) is 13.5. The van der Waals surface area contributed by atoms with Crippen LogP contribution in [0.5, 0.6) is 0 Å². The first-order valence-corrected chi connectivity index (χ1v) is 9.72. The third-order valence-corrected chi connectivity index (χ3v) is 5.68. The number of halogens is 1. The largest absolute Gasteiger partial charge is 0.379 e. The molecule has 6 nitrogen and oxygen atoms in total. The van der Waals surface area contributed by atoms with Crippen molar-refractivity contribution in [3.63, 3.8) is 0 Å². The zero-order chi connectivity index (χ0) is 19.7. The summed E-state index contributed by atoms with van der Waals surface area (Å²) in [5, 5.41) is 3.86. The van der Waals surface area contributed by atoms with Crippen LogP contribution in [0.15, 0.2) is 53.5 Å². The second-order valence-corrected chi connectivity index (χ2v) is 7.74. The van der Waals surface area contributed by atoms with Gasteiger partial charge >= 0.3 is 0 Å².